The number of anilines is 1. The van der Waals surface area contributed by atoms with Crippen molar-refractivity contribution in [3.8, 4) is 0 Å². The van der Waals surface area contributed by atoms with Crippen molar-refractivity contribution >= 4 is 16.5 Å². The van der Waals surface area contributed by atoms with Gasteiger partial charge < -0.3 is 10.0 Å². The van der Waals surface area contributed by atoms with E-state index in [4.69, 9.17) is 4.98 Å². The molecule has 0 aromatic carbocycles. The maximum Gasteiger partial charge on any atom is 0.185 e. The highest BCUT2D eigenvalue weighted by Gasteiger charge is 2.25. The van der Waals surface area contributed by atoms with E-state index in [1.54, 1.807) is 11.3 Å². The number of aliphatic hydroxyl groups is 1. The maximum atomic E-state index is 9.49. The van der Waals surface area contributed by atoms with Gasteiger partial charge in [0.2, 0.25) is 0 Å². The summed E-state index contributed by atoms with van der Waals surface area (Å²) in [6.45, 7) is 6.70. The monoisotopic (exact) mass is 296 g/mol. The zero-order chi connectivity index (χ0) is 14.7. The van der Waals surface area contributed by atoms with Gasteiger partial charge in [0.1, 0.15) is 0 Å². The highest BCUT2D eigenvalue weighted by Crippen LogP contribution is 2.35. The van der Waals surface area contributed by atoms with Crippen LogP contribution in [0.5, 0.6) is 0 Å². The molecule has 0 amide bonds. The fourth-order valence-corrected chi connectivity index (χ4v) is 4.27. The van der Waals surface area contributed by atoms with Crippen LogP contribution in [0.25, 0.3) is 0 Å². The average molecular weight is 296 g/mol. The normalized spacial score (nSPS) is 23.3. The Labute approximate surface area is 127 Å². The van der Waals surface area contributed by atoms with Gasteiger partial charge in [-0.25, -0.2) is 4.98 Å². The van der Waals surface area contributed by atoms with Crippen LogP contribution in [0.1, 0.15) is 69.4 Å². The Morgan fingerprint density at radius 3 is 2.40 bits per heavy atom. The second kappa shape index (κ2) is 6.90. The zero-order valence-electron chi connectivity index (χ0n) is 13.2. The number of nitrogens with zero attached hydrogens (tertiary/aromatic N) is 2. The van der Waals surface area contributed by atoms with Crippen LogP contribution in [0.2, 0.25) is 0 Å². The molecule has 0 radical (unpaired) electrons. The predicted octanol–water partition coefficient (Wildman–Crippen LogP) is 4.16. The SMILES string of the molecule is CCC1CCC(N(C)c2nc(C(C)C)c(CO)s2)CC1. The van der Waals surface area contributed by atoms with Gasteiger partial charge in [-0.3, -0.25) is 0 Å². The number of hydrogen-bond donors (Lipinski definition) is 1. The van der Waals surface area contributed by atoms with Gasteiger partial charge in [0.05, 0.1) is 17.2 Å². The van der Waals surface area contributed by atoms with E-state index in [0.717, 1.165) is 21.6 Å². The Bertz CT molecular complexity index is 422. The second-order valence-corrected chi connectivity index (χ2v) is 7.37. The summed E-state index contributed by atoms with van der Waals surface area (Å²) < 4.78 is 0. The number of thiazole rings is 1. The summed E-state index contributed by atoms with van der Waals surface area (Å²) >= 11 is 1.66. The third kappa shape index (κ3) is 3.34. The smallest absolute Gasteiger partial charge is 0.185 e. The van der Waals surface area contributed by atoms with E-state index in [1.807, 2.05) is 0 Å². The molecule has 2 rings (SSSR count). The molecule has 3 nitrogen and oxygen atoms in total. The molecule has 1 aromatic heterocycles. The number of hydrogen-bond acceptors (Lipinski definition) is 4. The first-order valence-electron chi connectivity index (χ1n) is 7.90. The first kappa shape index (κ1) is 15.8. The summed E-state index contributed by atoms with van der Waals surface area (Å²) in [7, 11) is 2.17. The van der Waals surface area contributed by atoms with Crippen molar-refractivity contribution in [3.05, 3.63) is 10.6 Å². The molecular formula is C16H28N2OS. The largest absolute Gasteiger partial charge is 0.391 e. The molecule has 0 spiro atoms. The van der Waals surface area contributed by atoms with Crippen LogP contribution in [0.3, 0.4) is 0 Å². The summed E-state index contributed by atoms with van der Waals surface area (Å²) in [5.74, 6) is 1.31. The zero-order valence-corrected chi connectivity index (χ0v) is 14.0. The van der Waals surface area contributed by atoms with Crippen LogP contribution < -0.4 is 4.90 Å². The van der Waals surface area contributed by atoms with E-state index in [0.29, 0.717) is 12.0 Å². The standard InChI is InChI=1S/C16H28N2OS/c1-5-12-6-8-13(9-7-12)18(4)16-17-15(11(2)3)14(10-19)20-16/h11-13,19H,5-10H2,1-4H3. The molecule has 4 heteroatoms. The van der Waals surface area contributed by atoms with Crippen LogP contribution in [0.15, 0.2) is 0 Å². The van der Waals surface area contributed by atoms with Crippen molar-refractivity contribution in [3.63, 3.8) is 0 Å². The molecule has 1 aliphatic rings. The molecule has 0 aliphatic heterocycles. The van der Waals surface area contributed by atoms with Gasteiger partial charge in [-0.05, 0) is 37.5 Å². The first-order valence-corrected chi connectivity index (χ1v) is 8.71. The van der Waals surface area contributed by atoms with Gasteiger partial charge in [-0.2, -0.15) is 0 Å². The van der Waals surface area contributed by atoms with Gasteiger partial charge in [0.15, 0.2) is 5.13 Å². The Hall–Kier alpha value is -0.610. The van der Waals surface area contributed by atoms with Gasteiger partial charge in [0.25, 0.3) is 0 Å². The van der Waals surface area contributed by atoms with E-state index in [-0.39, 0.29) is 6.61 Å². The van der Waals surface area contributed by atoms with Crippen molar-refractivity contribution < 1.29 is 5.11 Å². The molecule has 1 aromatic rings. The fraction of sp³-hybridized carbons (Fsp3) is 0.812. The highest BCUT2D eigenvalue weighted by atomic mass is 32.1. The van der Waals surface area contributed by atoms with E-state index in [2.05, 4.69) is 32.7 Å². The van der Waals surface area contributed by atoms with Crippen molar-refractivity contribution in [2.75, 3.05) is 11.9 Å². The fourth-order valence-electron chi connectivity index (χ4n) is 3.16. The lowest BCUT2D eigenvalue weighted by molar-refractivity contribution is 0.283. The van der Waals surface area contributed by atoms with Gasteiger partial charge in [-0.1, -0.05) is 38.5 Å². The van der Waals surface area contributed by atoms with Gasteiger partial charge in [-0.15, -0.1) is 0 Å². The molecule has 0 atom stereocenters. The minimum Gasteiger partial charge on any atom is -0.391 e. The van der Waals surface area contributed by atoms with E-state index >= 15 is 0 Å². The van der Waals surface area contributed by atoms with Gasteiger partial charge in [0, 0.05) is 13.1 Å². The number of aromatic nitrogens is 1. The second-order valence-electron chi connectivity index (χ2n) is 6.31. The molecule has 1 heterocycles. The Morgan fingerprint density at radius 2 is 1.95 bits per heavy atom. The Morgan fingerprint density at radius 1 is 1.30 bits per heavy atom. The molecule has 0 unspecified atom stereocenters. The molecule has 0 bridgehead atoms. The molecule has 1 aliphatic carbocycles. The molecule has 0 saturated heterocycles. The van der Waals surface area contributed by atoms with E-state index in [1.165, 1.54) is 32.1 Å². The molecule has 1 saturated carbocycles. The summed E-state index contributed by atoms with van der Waals surface area (Å²) in [6, 6.07) is 0.621. The van der Waals surface area contributed by atoms with Crippen LogP contribution in [-0.2, 0) is 6.61 Å². The summed E-state index contributed by atoms with van der Waals surface area (Å²) in [5.41, 5.74) is 1.07. The number of rotatable bonds is 5. The van der Waals surface area contributed by atoms with Crippen molar-refractivity contribution in [2.45, 2.75) is 71.4 Å². The maximum absolute atomic E-state index is 9.49. The molecular weight excluding hydrogens is 268 g/mol. The van der Waals surface area contributed by atoms with Crippen LogP contribution in [0.4, 0.5) is 5.13 Å². The highest BCUT2D eigenvalue weighted by molar-refractivity contribution is 7.15. The third-order valence-corrected chi connectivity index (χ3v) is 5.80. The molecule has 20 heavy (non-hydrogen) atoms. The summed E-state index contributed by atoms with van der Waals surface area (Å²) in [5, 5.41) is 10.6. The predicted molar refractivity (Wildman–Crippen MR) is 86.6 cm³/mol. The molecule has 1 fully saturated rings. The van der Waals surface area contributed by atoms with Crippen molar-refractivity contribution in [2.24, 2.45) is 5.92 Å². The Balaban J connectivity index is 2.07. The lowest BCUT2D eigenvalue weighted by Gasteiger charge is -2.34. The van der Waals surface area contributed by atoms with Crippen molar-refractivity contribution in [1.82, 2.24) is 4.98 Å². The molecule has 1 N–H and O–H groups in total. The van der Waals surface area contributed by atoms with Gasteiger partial charge >= 0.3 is 0 Å². The topological polar surface area (TPSA) is 36.4 Å². The van der Waals surface area contributed by atoms with Crippen LogP contribution in [-0.4, -0.2) is 23.2 Å². The van der Waals surface area contributed by atoms with Crippen LogP contribution in [0, 0.1) is 5.92 Å². The summed E-state index contributed by atoms with van der Waals surface area (Å²) in [4.78, 5) is 8.16. The lowest BCUT2D eigenvalue weighted by Crippen LogP contribution is -2.35. The third-order valence-electron chi connectivity index (χ3n) is 4.65. The summed E-state index contributed by atoms with van der Waals surface area (Å²) in [6.07, 6.45) is 6.57. The molecule has 114 valence electrons. The lowest BCUT2D eigenvalue weighted by atomic mass is 9.84. The minimum atomic E-state index is 0.113. The quantitative estimate of drug-likeness (QED) is 0.886. The minimum absolute atomic E-state index is 0.113. The average Bonchev–Trinajstić information content (AvgIpc) is 2.91. The number of aliphatic hydroxyl groups excluding tert-OH is 1. The van der Waals surface area contributed by atoms with E-state index in [9.17, 15) is 5.11 Å². The van der Waals surface area contributed by atoms with E-state index < -0.39 is 0 Å². The van der Waals surface area contributed by atoms with Crippen molar-refractivity contribution in [1.29, 1.82) is 0 Å². The first-order chi connectivity index (χ1) is 9.56. The Kier molecular flexibility index (Phi) is 5.44. The van der Waals surface area contributed by atoms with Crippen LogP contribution >= 0.6 is 11.3 Å².